The molecule has 1 rings (SSSR count). The molecule has 0 aromatic carbocycles. The minimum atomic E-state index is -0.732. The number of imide groups is 1. The minimum absolute atomic E-state index is 0.319. The molecule has 0 saturated carbocycles. The molecule has 1 heterocycles. The lowest BCUT2D eigenvalue weighted by Gasteiger charge is -2.10. The van der Waals surface area contributed by atoms with Crippen LogP contribution in [0.3, 0.4) is 0 Å². The van der Waals surface area contributed by atoms with E-state index in [0.717, 1.165) is 17.7 Å². The number of nitrogens with one attached hydrogen (secondary N) is 1. The van der Waals surface area contributed by atoms with Gasteiger partial charge >= 0.3 is 6.03 Å². The fraction of sp³-hybridized carbons (Fsp3) is 0.750. The predicted octanol–water partition coefficient (Wildman–Crippen LogP) is -0.301. The molecular formula is C8H14N2O3. The second kappa shape index (κ2) is 4.23. The molecule has 2 N–H and O–H groups in total. The van der Waals surface area contributed by atoms with Crippen LogP contribution in [0.4, 0.5) is 4.79 Å². The molecule has 0 radical (unpaired) electrons. The number of amides is 3. The molecule has 3 amide bonds. The summed E-state index contributed by atoms with van der Waals surface area (Å²) in [6, 6.07) is -1.12. The first-order valence-electron chi connectivity index (χ1n) is 4.43. The first-order valence-corrected chi connectivity index (χ1v) is 4.43. The number of carbonyl (C=O) groups is 2. The van der Waals surface area contributed by atoms with E-state index in [0.29, 0.717) is 6.54 Å². The Morgan fingerprint density at radius 3 is 2.69 bits per heavy atom. The largest absolute Gasteiger partial charge is 0.394 e. The Labute approximate surface area is 76.7 Å². The molecule has 5 heteroatoms. The number of carbonyl (C=O) groups excluding carboxylic acids is 2. The lowest BCUT2D eigenvalue weighted by Crippen LogP contribution is -2.33. The number of aliphatic hydroxyl groups is 1. The first-order chi connectivity index (χ1) is 6.20. The topological polar surface area (TPSA) is 69.6 Å². The third kappa shape index (κ3) is 1.98. The first kappa shape index (κ1) is 9.98. The standard InChI is InChI=1S/C8H14N2O3/c1-2-3-4-10-7(12)6(5-11)9-8(10)13/h6,11H,2-5H2,1H3,(H,9,13). The quantitative estimate of drug-likeness (QED) is 0.592. The SMILES string of the molecule is CCCCN1C(=O)NC(CO)C1=O. The molecule has 1 saturated heterocycles. The second-order valence-electron chi connectivity index (χ2n) is 3.03. The Hall–Kier alpha value is -1.10. The van der Waals surface area contributed by atoms with Gasteiger partial charge in [-0.15, -0.1) is 0 Å². The summed E-state index contributed by atoms with van der Waals surface area (Å²) >= 11 is 0. The average molecular weight is 186 g/mol. The number of hydrogen-bond acceptors (Lipinski definition) is 3. The lowest BCUT2D eigenvalue weighted by molar-refractivity contribution is -0.128. The molecule has 1 unspecified atom stereocenters. The van der Waals surface area contributed by atoms with Gasteiger partial charge in [-0.25, -0.2) is 4.79 Å². The molecule has 13 heavy (non-hydrogen) atoms. The number of hydrogen-bond donors (Lipinski definition) is 2. The smallest absolute Gasteiger partial charge is 0.324 e. The molecule has 1 aliphatic heterocycles. The maximum absolute atomic E-state index is 11.3. The highest BCUT2D eigenvalue weighted by Gasteiger charge is 2.36. The van der Waals surface area contributed by atoms with Crippen LogP contribution in [0.25, 0.3) is 0 Å². The molecule has 0 bridgehead atoms. The van der Waals surface area contributed by atoms with E-state index in [4.69, 9.17) is 5.11 Å². The zero-order chi connectivity index (χ0) is 9.84. The molecule has 5 nitrogen and oxygen atoms in total. The maximum atomic E-state index is 11.3. The number of aliphatic hydroxyl groups excluding tert-OH is 1. The van der Waals surface area contributed by atoms with E-state index in [-0.39, 0.29) is 12.5 Å². The van der Waals surface area contributed by atoms with Crippen molar-refractivity contribution in [1.82, 2.24) is 10.2 Å². The monoisotopic (exact) mass is 186 g/mol. The summed E-state index contributed by atoms with van der Waals surface area (Å²) in [6.45, 7) is 2.10. The van der Waals surface area contributed by atoms with Gasteiger partial charge in [0.15, 0.2) is 0 Å². The van der Waals surface area contributed by atoms with E-state index in [1.165, 1.54) is 0 Å². The van der Waals surface area contributed by atoms with Crippen LogP contribution in [0.15, 0.2) is 0 Å². The van der Waals surface area contributed by atoms with Gasteiger partial charge in [-0.2, -0.15) is 0 Å². The molecule has 1 aliphatic rings. The molecule has 0 aliphatic carbocycles. The lowest BCUT2D eigenvalue weighted by atomic mass is 10.3. The predicted molar refractivity (Wildman–Crippen MR) is 46.0 cm³/mol. The summed E-state index contributed by atoms with van der Waals surface area (Å²) < 4.78 is 0. The fourth-order valence-corrected chi connectivity index (χ4v) is 1.23. The molecule has 0 aromatic rings. The van der Waals surface area contributed by atoms with Crippen LogP contribution >= 0.6 is 0 Å². The average Bonchev–Trinajstić information content (AvgIpc) is 2.39. The van der Waals surface area contributed by atoms with Crippen molar-refractivity contribution in [3.05, 3.63) is 0 Å². The Morgan fingerprint density at radius 2 is 2.23 bits per heavy atom. The number of unbranched alkanes of at least 4 members (excludes halogenated alkanes) is 1. The third-order valence-corrected chi connectivity index (χ3v) is 2.02. The number of nitrogens with zero attached hydrogens (tertiary/aromatic N) is 1. The summed E-state index contributed by atoms with van der Waals surface area (Å²) in [6.07, 6.45) is 1.73. The van der Waals surface area contributed by atoms with Crippen LogP contribution in [-0.4, -0.2) is 41.1 Å². The van der Waals surface area contributed by atoms with Crippen molar-refractivity contribution in [3.8, 4) is 0 Å². The van der Waals surface area contributed by atoms with Gasteiger partial charge in [-0.3, -0.25) is 9.69 Å². The Kier molecular flexibility index (Phi) is 3.25. The van der Waals surface area contributed by atoms with Crippen LogP contribution in [0, 0.1) is 0 Å². The van der Waals surface area contributed by atoms with Crippen molar-refractivity contribution < 1.29 is 14.7 Å². The summed E-state index contributed by atoms with van der Waals surface area (Å²) in [5.41, 5.74) is 0. The normalized spacial score (nSPS) is 22.3. The van der Waals surface area contributed by atoms with Crippen molar-refractivity contribution >= 4 is 11.9 Å². The van der Waals surface area contributed by atoms with Gasteiger partial charge < -0.3 is 10.4 Å². The zero-order valence-corrected chi connectivity index (χ0v) is 7.62. The van der Waals surface area contributed by atoms with Gasteiger partial charge in [-0.1, -0.05) is 13.3 Å². The van der Waals surface area contributed by atoms with Crippen molar-refractivity contribution in [1.29, 1.82) is 0 Å². The van der Waals surface area contributed by atoms with Crippen LogP contribution in [0.2, 0.25) is 0 Å². The van der Waals surface area contributed by atoms with Crippen molar-refractivity contribution in [2.24, 2.45) is 0 Å². The summed E-state index contributed by atoms with van der Waals surface area (Å²) in [7, 11) is 0. The van der Waals surface area contributed by atoms with Gasteiger partial charge in [0.2, 0.25) is 0 Å². The van der Waals surface area contributed by atoms with Crippen molar-refractivity contribution in [2.45, 2.75) is 25.8 Å². The zero-order valence-electron chi connectivity index (χ0n) is 7.62. The summed E-state index contributed by atoms with van der Waals surface area (Å²) in [5, 5.41) is 11.1. The van der Waals surface area contributed by atoms with Gasteiger partial charge in [0.1, 0.15) is 6.04 Å². The van der Waals surface area contributed by atoms with Crippen LogP contribution in [-0.2, 0) is 4.79 Å². The highest BCUT2D eigenvalue weighted by Crippen LogP contribution is 2.06. The van der Waals surface area contributed by atoms with Crippen LogP contribution in [0.5, 0.6) is 0 Å². The highest BCUT2D eigenvalue weighted by atomic mass is 16.3. The van der Waals surface area contributed by atoms with E-state index >= 15 is 0 Å². The molecule has 0 aromatic heterocycles. The van der Waals surface area contributed by atoms with Crippen molar-refractivity contribution in [2.75, 3.05) is 13.2 Å². The summed E-state index contributed by atoms with van der Waals surface area (Å²) in [5.74, 6) is -0.319. The van der Waals surface area contributed by atoms with Crippen LogP contribution in [0.1, 0.15) is 19.8 Å². The van der Waals surface area contributed by atoms with E-state index in [1.54, 1.807) is 0 Å². The Morgan fingerprint density at radius 1 is 1.54 bits per heavy atom. The summed E-state index contributed by atoms with van der Waals surface area (Å²) in [4.78, 5) is 23.6. The Bertz CT molecular complexity index is 217. The molecule has 74 valence electrons. The van der Waals surface area contributed by atoms with Gasteiger partial charge in [0, 0.05) is 6.54 Å². The molecule has 1 atom stereocenters. The van der Waals surface area contributed by atoms with E-state index in [9.17, 15) is 9.59 Å². The Balaban J connectivity index is 2.54. The molecule has 1 fully saturated rings. The van der Waals surface area contributed by atoms with Gasteiger partial charge in [-0.05, 0) is 6.42 Å². The number of rotatable bonds is 4. The maximum Gasteiger partial charge on any atom is 0.324 e. The third-order valence-electron chi connectivity index (χ3n) is 2.02. The molecular weight excluding hydrogens is 172 g/mol. The highest BCUT2D eigenvalue weighted by molar-refractivity contribution is 6.04. The minimum Gasteiger partial charge on any atom is -0.394 e. The van der Waals surface area contributed by atoms with E-state index in [1.807, 2.05) is 6.92 Å². The van der Waals surface area contributed by atoms with Gasteiger partial charge in [0.05, 0.1) is 6.61 Å². The molecule has 0 spiro atoms. The fourth-order valence-electron chi connectivity index (χ4n) is 1.23. The number of urea groups is 1. The van der Waals surface area contributed by atoms with Crippen LogP contribution < -0.4 is 5.32 Å². The van der Waals surface area contributed by atoms with Crippen molar-refractivity contribution in [3.63, 3.8) is 0 Å². The van der Waals surface area contributed by atoms with Gasteiger partial charge in [0.25, 0.3) is 5.91 Å². The van der Waals surface area contributed by atoms with E-state index < -0.39 is 12.1 Å². The van der Waals surface area contributed by atoms with E-state index in [2.05, 4.69) is 5.32 Å². The second-order valence-corrected chi connectivity index (χ2v) is 3.03.